The number of rotatable bonds is 7. The van der Waals surface area contributed by atoms with Gasteiger partial charge in [0.1, 0.15) is 5.82 Å². The van der Waals surface area contributed by atoms with Crippen molar-refractivity contribution in [3.05, 3.63) is 60.4 Å². The zero-order valence-electron chi connectivity index (χ0n) is 19.6. The molecule has 2 aromatic heterocycles. The van der Waals surface area contributed by atoms with Crippen LogP contribution in [0.2, 0.25) is 0 Å². The topological polar surface area (TPSA) is 126 Å². The summed E-state index contributed by atoms with van der Waals surface area (Å²) in [6.07, 6.45) is 1.45. The zero-order valence-corrected chi connectivity index (χ0v) is 20.5. The predicted octanol–water partition coefficient (Wildman–Crippen LogP) is 2.88. The summed E-state index contributed by atoms with van der Waals surface area (Å²) in [7, 11) is -3.70. The van der Waals surface area contributed by atoms with E-state index in [-0.39, 0.29) is 22.9 Å². The maximum atomic E-state index is 13.0. The van der Waals surface area contributed by atoms with E-state index in [0.717, 1.165) is 0 Å². The number of aromatic nitrogens is 3. The number of anilines is 2. The summed E-state index contributed by atoms with van der Waals surface area (Å²) in [6, 6.07) is 13.4. The molecular weight excluding hydrogens is 468 g/mol. The van der Waals surface area contributed by atoms with Gasteiger partial charge in [-0.05, 0) is 50.2 Å². The highest BCUT2D eigenvalue weighted by Gasteiger charge is 2.24. The molecule has 1 fully saturated rings. The molecule has 2 amide bonds. The zero-order chi connectivity index (χ0) is 24.8. The van der Waals surface area contributed by atoms with Crippen LogP contribution in [0.3, 0.4) is 0 Å². The largest absolute Gasteiger partial charge is 0.377 e. The van der Waals surface area contributed by atoms with Crippen molar-refractivity contribution < 1.29 is 17.9 Å². The van der Waals surface area contributed by atoms with Crippen LogP contribution in [0.15, 0.2) is 59.8 Å². The van der Waals surface area contributed by atoms with Crippen LogP contribution in [0.4, 0.5) is 16.3 Å². The molecule has 1 aliphatic heterocycles. The maximum Gasteiger partial charge on any atom is 0.319 e. The summed E-state index contributed by atoms with van der Waals surface area (Å²) >= 11 is 0. The summed E-state index contributed by atoms with van der Waals surface area (Å²) in [5, 5.41) is 5.43. The molecule has 3 heterocycles. The second kappa shape index (κ2) is 10.8. The number of benzene rings is 1. The Hall–Kier alpha value is -3.57. The van der Waals surface area contributed by atoms with Crippen LogP contribution in [0.25, 0.3) is 11.4 Å². The van der Waals surface area contributed by atoms with Gasteiger partial charge in [-0.2, -0.15) is 0 Å². The van der Waals surface area contributed by atoms with E-state index in [1.165, 1.54) is 12.3 Å². The lowest BCUT2D eigenvalue weighted by Gasteiger charge is -2.34. The molecule has 2 N–H and O–H groups in total. The number of amides is 2. The summed E-state index contributed by atoms with van der Waals surface area (Å²) in [4.78, 5) is 27.2. The Morgan fingerprint density at radius 3 is 2.66 bits per heavy atom. The van der Waals surface area contributed by atoms with E-state index in [1.807, 2.05) is 13.8 Å². The fraction of sp³-hybridized carbons (Fsp3) is 0.333. The Bertz CT molecular complexity index is 1270. The predicted molar refractivity (Wildman–Crippen MR) is 133 cm³/mol. The molecule has 184 valence electrons. The van der Waals surface area contributed by atoms with Crippen LogP contribution in [0.5, 0.6) is 0 Å². The summed E-state index contributed by atoms with van der Waals surface area (Å²) in [5.41, 5.74) is 1.69. The number of hydrogen-bond donors (Lipinski definition) is 2. The van der Waals surface area contributed by atoms with Gasteiger partial charge >= 0.3 is 6.03 Å². The summed E-state index contributed by atoms with van der Waals surface area (Å²) in [6.45, 7) is 6.15. The molecule has 4 rings (SSSR count). The molecule has 10 nitrogen and oxygen atoms in total. The first-order valence-corrected chi connectivity index (χ1v) is 13.0. The lowest BCUT2D eigenvalue weighted by atomic mass is 10.2. The number of pyridine rings is 1. The maximum absolute atomic E-state index is 13.0. The number of nitrogens with one attached hydrogen (secondary N) is 2. The van der Waals surface area contributed by atoms with Crippen molar-refractivity contribution >= 4 is 27.4 Å². The van der Waals surface area contributed by atoms with Gasteiger partial charge in [-0.1, -0.05) is 6.07 Å². The minimum atomic E-state index is -3.70. The van der Waals surface area contributed by atoms with Crippen molar-refractivity contribution in [2.45, 2.75) is 30.7 Å². The molecule has 3 aromatic rings. The number of carbonyl (C=O) groups excluding carboxylic acids is 1. The highest BCUT2D eigenvalue weighted by atomic mass is 32.2. The minimum Gasteiger partial charge on any atom is -0.377 e. The van der Waals surface area contributed by atoms with Gasteiger partial charge in [-0.3, -0.25) is 0 Å². The third-order valence-corrected chi connectivity index (χ3v) is 7.01. The Morgan fingerprint density at radius 2 is 1.97 bits per heavy atom. The van der Waals surface area contributed by atoms with Gasteiger partial charge < -0.3 is 20.3 Å². The van der Waals surface area contributed by atoms with Crippen LogP contribution in [-0.2, 0) is 20.3 Å². The van der Waals surface area contributed by atoms with Gasteiger partial charge in [0.25, 0.3) is 0 Å². The number of ether oxygens (including phenoxy) is 1. The van der Waals surface area contributed by atoms with Crippen molar-refractivity contribution in [3.63, 3.8) is 0 Å². The molecule has 1 atom stereocenters. The first-order valence-electron chi connectivity index (χ1n) is 11.4. The number of morpholine rings is 1. The highest BCUT2D eigenvalue weighted by Crippen LogP contribution is 2.26. The van der Waals surface area contributed by atoms with E-state index in [9.17, 15) is 13.2 Å². The van der Waals surface area contributed by atoms with Gasteiger partial charge in [0.15, 0.2) is 10.9 Å². The molecule has 35 heavy (non-hydrogen) atoms. The number of carbonyl (C=O) groups is 1. The van der Waals surface area contributed by atoms with Gasteiger partial charge in [-0.25, -0.2) is 28.2 Å². The van der Waals surface area contributed by atoms with Gasteiger partial charge in [0.05, 0.1) is 30.7 Å². The number of hydrogen-bond acceptors (Lipinski definition) is 8. The average Bonchev–Trinajstić information content (AvgIpc) is 2.85. The van der Waals surface area contributed by atoms with E-state index in [1.54, 1.807) is 42.5 Å². The molecule has 0 saturated carbocycles. The molecule has 0 aliphatic carbocycles. The van der Waals surface area contributed by atoms with Crippen LogP contribution in [-0.4, -0.2) is 61.7 Å². The monoisotopic (exact) mass is 496 g/mol. The quantitative estimate of drug-likeness (QED) is 0.511. The normalized spacial score (nSPS) is 16.1. The van der Waals surface area contributed by atoms with Gasteiger partial charge in [-0.15, -0.1) is 0 Å². The third kappa shape index (κ3) is 6.11. The summed E-state index contributed by atoms with van der Waals surface area (Å²) < 4.78 is 31.5. The Kier molecular flexibility index (Phi) is 7.57. The fourth-order valence-electron chi connectivity index (χ4n) is 3.74. The van der Waals surface area contributed by atoms with Crippen molar-refractivity contribution in [1.29, 1.82) is 0 Å². The third-order valence-electron chi connectivity index (χ3n) is 5.46. The Balaban J connectivity index is 1.68. The Morgan fingerprint density at radius 1 is 1.17 bits per heavy atom. The van der Waals surface area contributed by atoms with Crippen molar-refractivity contribution in [1.82, 2.24) is 20.3 Å². The number of nitrogens with zero attached hydrogens (tertiary/aromatic N) is 4. The van der Waals surface area contributed by atoms with E-state index in [2.05, 4.69) is 25.5 Å². The lowest BCUT2D eigenvalue weighted by Crippen LogP contribution is -2.44. The standard InChI is InChI=1S/C24H28N6O4S/c1-3-25-24(31)28-19-9-7-18(8-10-19)23-27-20(16-35(32,33)22-6-4-5-11-26-22)14-21(29-23)30-12-13-34-15-17(30)2/h4-11,14,17H,3,12-13,15-16H2,1-2H3,(H2,25,28,31)/t17-/m0/s1. The van der Waals surface area contributed by atoms with E-state index < -0.39 is 9.84 Å². The Labute approximate surface area is 204 Å². The molecule has 1 saturated heterocycles. The van der Waals surface area contributed by atoms with Gasteiger partial charge in [0.2, 0.25) is 9.84 Å². The van der Waals surface area contributed by atoms with Crippen molar-refractivity contribution in [2.75, 3.05) is 36.5 Å². The second-order valence-electron chi connectivity index (χ2n) is 8.15. The van der Waals surface area contributed by atoms with E-state index >= 15 is 0 Å². The molecule has 0 unspecified atom stereocenters. The van der Waals surface area contributed by atoms with Crippen LogP contribution in [0.1, 0.15) is 19.5 Å². The molecule has 0 bridgehead atoms. The molecule has 11 heteroatoms. The smallest absolute Gasteiger partial charge is 0.319 e. The van der Waals surface area contributed by atoms with Crippen LogP contribution in [0, 0.1) is 0 Å². The first kappa shape index (κ1) is 24.6. The average molecular weight is 497 g/mol. The molecular formula is C24H28N6O4S. The second-order valence-corrected chi connectivity index (χ2v) is 10.1. The van der Waals surface area contributed by atoms with E-state index in [0.29, 0.717) is 54.9 Å². The van der Waals surface area contributed by atoms with Crippen LogP contribution < -0.4 is 15.5 Å². The lowest BCUT2D eigenvalue weighted by molar-refractivity contribution is 0.0985. The fourth-order valence-corrected chi connectivity index (χ4v) is 4.93. The minimum absolute atomic E-state index is 0.00207. The highest BCUT2D eigenvalue weighted by molar-refractivity contribution is 7.90. The van der Waals surface area contributed by atoms with Crippen molar-refractivity contribution in [2.24, 2.45) is 0 Å². The molecule has 1 aromatic carbocycles. The SMILES string of the molecule is CCNC(=O)Nc1ccc(-c2nc(CS(=O)(=O)c3ccccn3)cc(N3CCOC[C@@H]3C)n2)cc1. The van der Waals surface area contributed by atoms with Gasteiger partial charge in [0, 0.05) is 36.6 Å². The number of urea groups is 1. The van der Waals surface area contributed by atoms with E-state index in [4.69, 9.17) is 9.72 Å². The summed E-state index contributed by atoms with van der Waals surface area (Å²) in [5.74, 6) is 0.737. The molecule has 1 aliphatic rings. The van der Waals surface area contributed by atoms with Crippen molar-refractivity contribution in [3.8, 4) is 11.4 Å². The number of sulfone groups is 1. The van der Waals surface area contributed by atoms with Crippen LogP contribution >= 0.6 is 0 Å². The molecule has 0 spiro atoms. The molecule has 0 radical (unpaired) electrons. The first-order chi connectivity index (χ1) is 16.9.